The molecule has 1 aliphatic carbocycles. The van der Waals surface area contributed by atoms with Crippen molar-refractivity contribution in [3.63, 3.8) is 0 Å². The predicted octanol–water partition coefficient (Wildman–Crippen LogP) is 4.35. The minimum absolute atomic E-state index is 0. The van der Waals surface area contributed by atoms with Crippen LogP contribution < -0.4 is 10.6 Å². The molecular weight excluding hydrogens is 495 g/mol. The van der Waals surface area contributed by atoms with Crippen LogP contribution in [-0.2, 0) is 17.2 Å². The van der Waals surface area contributed by atoms with Gasteiger partial charge in [0.05, 0.1) is 0 Å². The van der Waals surface area contributed by atoms with E-state index in [1.165, 1.54) is 16.5 Å². The number of benzene rings is 1. The van der Waals surface area contributed by atoms with Gasteiger partial charge in [0, 0.05) is 58.0 Å². The molecule has 7 heteroatoms. The Bertz CT molecular complexity index is 807. The Hall–Kier alpha value is -1.09. The summed E-state index contributed by atoms with van der Waals surface area (Å²) in [6.45, 7) is 5.77. The van der Waals surface area contributed by atoms with Crippen molar-refractivity contribution in [1.29, 1.82) is 0 Å². The van der Waals surface area contributed by atoms with Crippen LogP contribution in [0.2, 0.25) is 0 Å². The van der Waals surface area contributed by atoms with Gasteiger partial charge in [-0.15, -0.1) is 24.0 Å². The van der Waals surface area contributed by atoms with Crippen molar-refractivity contribution in [1.82, 2.24) is 15.6 Å². The smallest absolute Gasteiger partial charge is 0.191 e. The molecule has 29 heavy (non-hydrogen) atoms. The molecule has 3 atom stereocenters. The van der Waals surface area contributed by atoms with Crippen LogP contribution in [0.15, 0.2) is 35.5 Å². The number of hydrogen-bond acceptors (Lipinski definition) is 2. The molecule has 0 amide bonds. The molecule has 3 rings (SSSR count). The minimum atomic E-state index is -0.692. The van der Waals surface area contributed by atoms with Crippen LogP contribution in [0.25, 0.3) is 10.9 Å². The van der Waals surface area contributed by atoms with E-state index < -0.39 is 10.8 Å². The zero-order valence-corrected chi connectivity index (χ0v) is 20.7. The number of nitrogens with one attached hydrogen (secondary N) is 3. The number of H-pyrrole nitrogens is 1. The lowest BCUT2D eigenvalue weighted by Gasteiger charge is -2.30. The van der Waals surface area contributed by atoms with E-state index >= 15 is 0 Å². The molecule has 1 heterocycles. The van der Waals surface area contributed by atoms with Crippen molar-refractivity contribution in [3.8, 4) is 0 Å². The average molecular weight is 531 g/mol. The highest BCUT2D eigenvalue weighted by atomic mass is 127. The number of guanidine groups is 1. The molecule has 3 unspecified atom stereocenters. The first-order valence-corrected chi connectivity index (χ1v) is 12.1. The summed E-state index contributed by atoms with van der Waals surface area (Å²) in [5.41, 5.74) is 2.56. The van der Waals surface area contributed by atoms with Crippen LogP contribution in [0.1, 0.15) is 51.5 Å². The SMILES string of the molecule is CCNC(=NCCCc1c[nH]c2ccccc12)NC1CCCC(S(=O)CC)C1.I. The third-order valence-electron chi connectivity index (χ3n) is 5.52. The molecule has 0 radical (unpaired) electrons. The maximum Gasteiger partial charge on any atom is 0.191 e. The number of aromatic amines is 1. The van der Waals surface area contributed by atoms with E-state index in [0.717, 1.165) is 63.3 Å². The van der Waals surface area contributed by atoms with Crippen LogP contribution >= 0.6 is 24.0 Å². The first-order chi connectivity index (χ1) is 13.7. The molecule has 5 nitrogen and oxygen atoms in total. The van der Waals surface area contributed by atoms with Crippen LogP contribution in [0.5, 0.6) is 0 Å². The Kier molecular flexibility index (Phi) is 10.5. The molecule has 3 N–H and O–H groups in total. The molecule has 0 bridgehead atoms. The molecule has 0 saturated heterocycles. The summed E-state index contributed by atoms with van der Waals surface area (Å²) in [6, 6.07) is 8.82. The molecule has 1 aliphatic rings. The normalized spacial score (nSPS) is 20.8. The number of fused-ring (bicyclic) bond motifs is 1. The third-order valence-corrected chi connectivity index (χ3v) is 7.26. The Balaban J connectivity index is 0.00000300. The highest BCUT2D eigenvalue weighted by molar-refractivity contribution is 14.0. The highest BCUT2D eigenvalue weighted by Gasteiger charge is 2.25. The second-order valence-corrected chi connectivity index (χ2v) is 9.53. The largest absolute Gasteiger partial charge is 0.361 e. The zero-order valence-electron chi connectivity index (χ0n) is 17.6. The summed E-state index contributed by atoms with van der Waals surface area (Å²) in [5, 5.41) is 8.60. The maximum atomic E-state index is 12.2. The summed E-state index contributed by atoms with van der Waals surface area (Å²) in [5.74, 6) is 1.66. The average Bonchev–Trinajstić information content (AvgIpc) is 3.14. The van der Waals surface area contributed by atoms with Gasteiger partial charge in [-0.3, -0.25) is 9.20 Å². The zero-order chi connectivity index (χ0) is 19.8. The van der Waals surface area contributed by atoms with Crippen molar-refractivity contribution in [2.24, 2.45) is 4.99 Å². The molecule has 1 fully saturated rings. The minimum Gasteiger partial charge on any atom is -0.361 e. The van der Waals surface area contributed by atoms with E-state index in [2.05, 4.69) is 53.0 Å². The van der Waals surface area contributed by atoms with Crippen molar-refractivity contribution in [2.45, 2.75) is 63.7 Å². The van der Waals surface area contributed by atoms with E-state index in [-0.39, 0.29) is 24.0 Å². The monoisotopic (exact) mass is 530 g/mol. The summed E-state index contributed by atoms with van der Waals surface area (Å²) in [7, 11) is -0.692. The number of aryl methyl sites for hydroxylation is 1. The topological polar surface area (TPSA) is 69.3 Å². The van der Waals surface area contributed by atoms with Gasteiger partial charge in [-0.1, -0.05) is 31.5 Å². The van der Waals surface area contributed by atoms with E-state index in [4.69, 9.17) is 4.99 Å². The lowest BCUT2D eigenvalue weighted by molar-refractivity contribution is 0.413. The first kappa shape index (κ1) is 24.2. The molecule has 2 aromatic rings. The van der Waals surface area contributed by atoms with Crippen molar-refractivity contribution in [3.05, 3.63) is 36.0 Å². The number of aromatic nitrogens is 1. The predicted molar refractivity (Wildman–Crippen MR) is 136 cm³/mol. The van der Waals surface area contributed by atoms with Crippen LogP contribution in [0.3, 0.4) is 0 Å². The first-order valence-electron chi connectivity index (χ1n) is 10.7. The van der Waals surface area contributed by atoms with Gasteiger partial charge in [-0.05, 0) is 50.7 Å². The third kappa shape index (κ3) is 6.98. The molecule has 1 aromatic carbocycles. The van der Waals surface area contributed by atoms with Crippen LogP contribution in [0.4, 0.5) is 0 Å². The van der Waals surface area contributed by atoms with E-state index in [1.54, 1.807) is 0 Å². The van der Waals surface area contributed by atoms with Crippen molar-refractivity contribution in [2.75, 3.05) is 18.8 Å². The van der Waals surface area contributed by atoms with Gasteiger partial charge in [0.15, 0.2) is 5.96 Å². The Labute approximate surface area is 194 Å². The quantitative estimate of drug-likeness (QED) is 0.206. The maximum absolute atomic E-state index is 12.2. The Morgan fingerprint density at radius 1 is 1.28 bits per heavy atom. The van der Waals surface area contributed by atoms with Gasteiger partial charge in [0.2, 0.25) is 0 Å². The number of rotatable bonds is 8. The number of para-hydroxylation sites is 1. The Morgan fingerprint density at radius 3 is 2.90 bits per heavy atom. The van der Waals surface area contributed by atoms with E-state index in [9.17, 15) is 4.21 Å². The highest BCUT2D eigenvalue weighted by Crippen LogP contribution is 2.23. The number of hydrogen-bond donors (Lipinski definition) is 3. The van der Waals surface area contributed by atoms with E-state index in [1.807, 2.05) is 6.92 Å². The lowest BCUT2D eigenvalue weighted by atomic mass is 9.95. The molecule has 1 saturated carbocycles. The second-order valence-electron chi connectivity index (χ2n) is 7.52. The molecule has 162 valence electrons. The summed E-state index contributed by atoms with van der Waals surface area (Å²) in [4.78, 5) is 8.13. The standard InChI is InChI=1S/C22H34N4OS.HI/c1-3-23-22(26-18-10-7-11-19(15-18)28(27)4-2)24-14-8-9-17-16-25-21-13-6-5-12-20(17)21;/h5-6,12-13,16,18-19,25H,3-4,7-11,14-15H2,1-2H3,(H2,23,24,26);1H. The number of halogens is 1. The van der Waals surface area contributed by atoms with E-state index in [0.29, 0.717) is 11.3 Å². The fourth-order valence-electron chi connectivity index (χ4n) is 4.06. The van der Waals surface area contributed by atoms with Gasteiger partial charge >= 0.3 is 0 Å². The van der Waals surface area contributed by atoms with Crippen molar-refractivity contribution >= 4 is 51.6 Å². The fraction of sp³-hybridized carbons (Fsp3) is 0.591. The summed E-state index contributed by atoms with van der Waals surface area (Å²) < 4.78 is 12.2. The van der Waals surface area contributed by atoms with Gasteiger partial charge in [0.1, 0.15) is 0 Å². The van der Waals surface area contributed by atoms with Crippen LogP contribution in [-0.4, -0.2) is 45.3 Å². The Morgan fingerprint density at radius 2 is 2.10 bits per heavy atom. The second kappa shape index (κ2) is 12.6. The van der Waals surface area contributed by atoms with Gasteiger partial charge in [0.25, 0.3) is 0 Å². The molecule has 0 spiro atoms. The fourth-order valence-corrected chi connectivity index (χ4v) is 5.41. The lowest BCUT2D eigenvalue weighted by Crippen LogP contribution is -2.46. The number of nitrogens with zero attached hydrogens (tertiary/aromatic N) is 1. The molecular formula is C22H35IN4OS. The number of aliphatic imine (C=N–C) groups is 1. The van der Waals surface area contributed by atoms with Gasteiger partial charge in [-0.2, -0.15) is 0 Å². The molecule has 1 aromatic heterocycles. The van der Waals surface area contributed by atoms with Gasteiger partial charge < -0.3 is 15.6 Å². The summed E-state index contributed by atoms with van der Waals surface area (Å²) >= 11 is 0. The van der Waals surface area contributed by atoms with Crippen molar-refractivity contribution < 1.29 is 4.21 Å². The molecule has 0 aliphatic heterocycles. The van der Waals surface area contributed by atoms with Crippen LogP contribution in [0, 0.1) is 0 Å². The summed E-state index contributed by atoms with van der Waals surface area (Å²) in [6.07, 6.45) is 8.52. The van der Waals surface area contributed by atoms with Gasteiger partial charge in [-0.25, -0.2) is 0 Å².